The summed E-state index contributed by atoms with van der Waals surface area (Å²) in [5, 5.41) is -0.706. The van der Waals surface area contributed by atoms with Crippen molar-refractivity contribution in [2.45, 2.75) is 37.2 Å². The lowest BCUT2D eigenvalue weighted by Gasteiger charge is -2.29. The number of fused-ring (bicyclic) bond motifs is 1. The van der Waals surface area contributed by atoms with Crippen molar-refractivity contribution in [1.82, 2.24) is 0 Å². The number of hydrogen-bond donors (Lipinski definition) is 0. The highest BCUT2D eigenvalue weighted by Gasteiger charge is 2.72. The highest BCUT2D eigenvalue weighted by molar-refractivity contribution is 7.87. The number of esters is 1. The molecule has 0 aromatic heterocycles. The quantitative estimate of drug-likeness (QED) is 0.412. The van der Waals surface area contributed by atoms with E-state index in [1.807, 2.05) is 6.92 Å². The van der Waals surface area contributed by atoms with Gasteiger partial charge in [-0.2, -0.15) is 8.42 Å². The average molecular weight is 258 g/mol. The molecule has 5 atom stereocenters. The Morgan fingerprint density at radius 3 is 2.94 bits per heavy atom. The first-order valence-electron chi connectivity index (χ1n) is 5.63. The lowest BCUT2D eigenvalue weighted by atomic mass is 9.82. The fourth-order valence-electron chi connectivity index (χ4n) is 3.70. The summed E-state index contributed by atoms with van der Waals surface area (Å²) in [4.78, 5) is 11.3. The second kappa shape index (κ2) is 3.11. The zero-order valence-electron chi connectivity index (χ0n) is 9.46. The first-order valence-corrected chi connectivity index (χ1v) is 7.11. The Bertz CT molecular complexity index is 496. The molecule has 3 aliphatic rings. The molecule has 1 heterocycles. The van der Waals surface area contributed by atoms with E-state index in [0.717, 1.165) is 12.5 Å². The van der Waals surface area contributed by atoms with Crippen molar-refractivity contribution < 1.29 is 22.1 Å². The summed E-state index contributed by atoms with van der Waals surface area (Å²) >= 11 is 0. The Labute approximate surface area is 99.9 Å². The SMILES string of the molecule is C=CC(=O)OC1C2CC3OS(=O)(=O)C1C3(C)C2. The molecule has 3 fully saturated rings. The Hall–Kier alpha value is -0.880. The molecular weight excluding hydrogens is 244 g/mol. The van der Waals surface area contributed by atoms with Crippen LogP contribution in [0.3, 0.4) is 0 Å². The molecule has 5 nitrogen and oxygen atoms in total. The first-order chi connectivity index (χ1) is 7.88. The fourth-order valence-corrected chi connectivity index (χ4v) is 5.96. The van der Waals surface area contributed by atoms with Crippen molar-refractivity contribution in [3.05, 3.63) is 12.7 Å². The molecule has 2 aliphatic carbocycles. The van der Waals surface area contributed by atoms with Gasteiger partial charge in [-0.1, -0.05) is 13.5 Å². The van der Waals surface area contributed by atoms with Gasteiger partial charge in [0, 0.05) is 17.4 Å². The van der Waals surface area contributed by atoms with Gasteiger partial charge in [-0.3, -0.25) is 4.18 Å². The molecule has 1 aliphatic heterocycles. The van der Waals surface area contributed by atoms with E-state index < -0.39 is 32.9 Å². The van der Waals surface area contributed by atoms with Gasteiger partial charge in [-0.25, -0.2) is 4.79 Å². The largest absolute Gasteiger partial charge is 0.457 e. The monoisotopic (exact) mass is 258 g/mol. The molecule has 0 N–H and O–H groups in total. The van der Waals surface area contributed by atoms with Crippen molar-refractivity contribution in [2.75, 3.05) is 0 Å². The lowest BCUT2D eigenvalue weighted by molar-refractivity contribution is -0.145. The van der Waals surface area contributed by atoms with Gasteiger partial charge in [0.15, 0.2) is 0 Å². The van der Waals surface area contributed by atoms with Gasteiger partial charge in [0.1, 0.15) is 11.4 Å². The Balaban J connectivity index is 1.99. The molecule has 6 heteroatoms. The standard InChI is InChI=1S/C11H14O5S/c1-3-8(12)15-9-6-4-7-11(2,5-6)10(9)17(13,14)16-7/h3,6-7,9-10H,1,4-5H2,2H3. The van der Waals surface area contributed by atoms with Crippen molar-refractivity contribution >= 4 is 16.1 Å². The number of carbonyl (C=O) groups excluding carboxylic acids is 1. The van der Waals surface area contributed by atoms with E-state index >= 15 is 0 Å². The normalized spacial score (nSPS) is 49.2. The summed E-state index contributed by atoms with van der Waals surface area (Å²) in [6.07, 6.45) is 1.65. The molecule has 0 amide bonds. The maximum Gasteiger partial charge on any atom is 0.330 e. The van der Waals surface area contributed by atoms with E-state index in [9.17, 15) is 13.2 Å². The third-order valence-corrected chi connectivity index (χ3v) is 6.28. The Morgan fingerprint density at radius 2 is 2.29 bits per heavy atom. The molecule has 94 valence electrons. The van der Waals surface area contributed by atoms with E-state index in [2.05, 4.69) is 6.58 Å². The van der Waals surface area contributed by atoms with Crippen LogP contribution in [-0.4, -0.2) is 31.8 Å². The van der Waals surface area contributed by atoms with E-state index in [1.165, 1.54) is 0 Å². The van der Waals surface area contributed by atoms with Gasteiger partial charge in [0.2, 0.25) is 0 Å². The van der Waals surface area contributed by atoms with E-state index in [0.29, 0.717) is 6.42 Å². The second-order valence-corrected chi connectivity index (χ2v) is 7.00. The number of carbonyl (C=O) groups is 1. The van der Waals surface area contributed by atoms with Crippen LogP contribution in [0, 0.1) is 11.3 Å². The molecule has 0 aromatic rings. The van der Waals surface area contributed by atoms with Gasteiger partial charge < -0.3 is 4.74 Å². The molecule has 0 aromatic carbocycles. The number of rotatable bonds is 2. The minimum Gasteiger partial charge on any atom is -0.457 e. The third-order valence-electron chi connectivity index (χ3n) is 4.35. The Kier molecular flexibility index (Phi) is 2.06. The van der Waals surface area contributed by atoms with Gasteiger partial charge >= 0.3 is 5.97 Å². The van der Waals surface area contributed by atoms with Gasteiger partial charge in [0.25, 0.3) is 10.1 Å². The van der Waals surface area contributed by atoms with Crippen LogP contribution in [-0.2, 0) is 23.8 Å². The van der Waals surface area contributed by atoms with Gasteiger partial charge in [-0.15, -0.1) is 0 Å². The van der Waals surface area contributed by atoms with Crippen molar-refractivity contribution in [2.24, 2.45) is 11.3 Å². The molecule has 2 bridgehead atoms. The fraction of sp³-hybridized carbons (Fsp3) is 0.727. The van der Waals surface area contributed by atoms with Crippen LogP contribution in [0.15, 0.2) is 12.7 Å². The maximum absolute atomic E-state index is 11.9. The summed E-state index contributed by atoms with van der Waals surface area (Å²) in [6, 6.07) is 0. The molecule has 0 spiro atoms. The Morgan fingerprint density at radius 1 is 1.59 bits per heavy atom. The topological polar surface area (TPSA) is 69.7 Å². The minimum atomic E-state index is -3.60. The van der Waals surface area contributed by atoms with E-state index in [1.54, 1.807) is 0 Å². The average Bonchev–Trinajstić information content (AvgIpc) is 2.70. The van der Waals surface area contributed by atoms with Crippen molar-refractivity contribution in [3.8, 4) is 0 Å². The number of hydrogen-bond acceptors (Lipinski definition) is 5. The summed E-state index contributed by atoms with van der Waals surface area (Å²) in [6.45, 7) is 5.24. The highest BCUT2D eigenvalue weighted by atomic mass is 32.2. The van der Waals surface area contributed by atoms with Gasteiger partial charge in [-0.05, 0) is 12.8 Å². The zero-order chi connectivity index (χ0) is 12.4. The summed E-state index contributed by atoms with van der Waals surface area (Å²) < 4.78 is 34.2. The van der Waals surface area contributed by atoms with Crippen molar-refractivity contribution in [1.29, 1.82) is 0 Å². The third kappa shape index (κ3) is 1.28. The van der Waals surface area contributed by atoms with Crippen LogP contribution in [0.25, 0.3) is 0 Å². The molecule has 0 radical (unpaired) electrons. The molecule has 17 heavy (non-hydrogen) atoms. The van der Waals surface area contributed by atoms with Crippen LogP contribution in [0.1, 0.15) is 19.8 Å². The molecule has 2 saturated carbocycles. The van der Waals surface area contributed by atoms with Crippen LogP contribution >= 0.6 is 0 Å². The number of ether oxygens (including phenoxy) is 1. The predicted octanol–water partition coefficient (Wildman–Crippen LogP) is 0.611. The van der Waals surface area contributed by atoms with E-state index in [-0.39, 0.29) is 12.0 Å². The maximum atomic E-state index is 11.9. The van der Waals surface area contributed by atoms with Crippen LogP contribution < -0.4 is 0 Å². The van der Waals surface area contributed by atoms with Crippen LogP contribution in [0.4, 0.5) is 0 Å². The van der Waals surface area contributed by atoms with Gasteiger partial charge in [0.05, 0.1) is 6.10 Å². The summed E-state index contributed by atoms with van der Waals surface area (Å²) in [5.74, 6) is -0.471. The lowest BCUT2D eigenvalue weighted by Crippen LogP contribution is -2.43. The molecule has 3 rings (SSSR count). The molecule has 1 saturated heterocycles. The van der Waals surface area contributed by atoms with Crippen molar-refractivity contribution in [3.63, 3.8) is 0 Å². The predicted molar refractivity (Wildman–Crippen MR) is 58.5 cm³/mol. The minimum absolute atomic E-state index is 0.0937. The van der Waals surface area contributed by atoms with Crippen LogP contribution in [0.5, 0.6) is 0 Å². The zero-order valence-corrected chi connectivity index (χ0v) is 10.3. The highest BCUT2D eigenvalue weighted by Crippen LogP contribution is 2.63. The molecule has 5 unspecified atom stereocenters. The van der Waals surface area contributed by atoms with E-state index in [4.69, 9.17) is 8.92 Å². The first kappa shape index (κ1) is 11.2. The van der Waals surface area contributed by atoms with Crippen LogP contribution in [0.2, 0.25) is 0 Å². The summed E-state index contributed by atoms with van der Waals surface area (Å²) in [7, 11) is -3.60. The second-order valence-electron chi connectivity index (χ2n) is 5.31. The summed E-state index contributed by atoms with van der Waals surface area (Å²) in [5.41, 5.74) is -0.393. The molecular formula is C11H14O5S. The smallest absolute Gasteiger partial charge is 0.330 e.